The quantitative estimate of drug-likeness (QED) is 0.574. The number of carbonyl (C=O) groups is 1. The van der Waals surface area contributed by atoms with E-state index in [2.05, 4.69) is 39.9 Å². The van der Waals surface area contributed by atoms with Gasteiger partial charge in [0.15, 0.2) is 0 Å². The molecule has 2 heterocycles. The van der Waals surface area contributed by atoms with Gasteiger partial charge in [-0.05, 0) is 30.2 Å². The average molecular weight is 358 g/mol. The molecular weight excluding hydrogens is 336 g/mol. The normalized spacial score (nSPS) is 16.4. The van der Waals surface area contributed by atoms with Crippen LogP contribution in [-0.2, 0) is 16.0 Å². The highest BCUT2D eigenvalue weighted by molar-refractivity contribution is 5.85. The Labute approximate surface area is 159 Å². The number of methoxy groups -OCH3 is 1. The number of benzene rings is 2. The summed E-state index contributed by atoms with van der Waals surface area (Å²) in [5.41, 5.74) is 4.56. The third-order valence-corrected chi connectivity index (χ3v) is 5.15. The molecule has 4 rings (SSSR count). The molecule has 136 valence electrons. The summed E-state index contributed by atoms with van der Waals surface area (Å²) in [4.78, 5) is 17.9. The molecule has 27 heavy (non-hydrogen) atoms. The Bertz CT molecular complexity index is 1010. The lowest BCUT2D eigenvalue weighted by atomic mass is 9.95. The standard InChI is InChI=1S/C23H22N2O2/c1-27-22(26)16-21-23-19(18-11-5-6-12-20(18)24-23)13-15-25(21)14-7-10-17-8-3-2-4-9-17/h2-6,8-9,11-12,21,24H,13-16H2,1H3. The Hall–Kier alpha value is -3.03. The van der Waals surface area contributed by atoms with Crippen molar-refractivity contribution in [2.24, 2.45) is 0 Å². The number of ether oxygens (including phenoxy) is 1. The maximum Gasteiger partial charge on any atom is 0.307 e. The van der Waals surface area contributed by atoms with Gasteiger partial charge < -0.3 is 9.72 Å². The fraction of sp³-hybridized carbons (Fsp3) is 0.261. The van der Waals surface area contributed by atoms with Gasteiger partial charge in [0, 0.05) is 28.7 Å². The fourth-order valence-corrected chi connectivity index (χ4v) is 3.79. The maximum absolute atomic E-state index is 12.0. The third kappa shape index (κ3) is 3.60. The molecule has 1 aromatic heterocycles. The summed E-state index contributed by atoms with van der Waals surface area (Å²) in [6, 6.07) is 18.2. The highest BCUT2D eigenvalue weighted by Crippen LogP contribution is 2.36. The smallest absolute Gasteiger partial charge is 0.307 e. The molecule has 0 saturated heterocycles. The summed E-state index contributed by atoms with van der Waals surface area (Å²) < 4.78 is 4.95. The van der Waals surface area contributed by atoms with E-state index in [1.807, 2.05) is 36.4 Å². The maximum atomic E-state index is 12.0. The monoisotopic (exact) mass is 358 g/mol. The summed E-state index contributed by atoms with van der Waals surface area (Å²) in [7, 11) is 1.44. The van der Waals surface area contributed by atoms with Crippen LogP contribution in [0.5, 0.6) is 0 Å². The second-order valence-corrected chi connectivity index (χ2v) is 6.75. The van der Waals surface area contributed by atoms with E-state index in [0.717, 1.165) is 29.7 Å². The van der Waals surface area contributed by atoms with Crippen LogP contribution < -0.4 is 0 Å². The molecule has 4 heteroatoms. The first-order valence-corrected chi connectivity index (χ1v) is 9.20. The van der Waals surface area contributed by atoms with Gasteiger partial charge in [0.25, 0.3) is 0 Å². The van der Waals surface area contributed by atoms with E-state index in [0.29, 0.717) is 13.0 Å². The Kier molecular flexibility index (Phi) is 4.95. The van der Waals surface area contributed by atoms with Crippen LogP contribution >= 0.6 is 0 Å². The number of aromatic amines is 1. The molecule has 0 aliphatic carbocycles. The van der Waals surface area contributed by atoms with Crippen LogP contribution in [0.3, 0.4) is 0 Å². The molecular formula is C23H22N2O2. The number of rotatable bonds is 3. The van der Waals surface area contributed by atoms with Crippen molar-refractivity contribution < 1.29 is 9.53 Å². The largest absolute Gasteiger partial charge is 0.469 e. The molecule has 4 nitrogen and oxygen atoms in total. The Morgan fingerprint density at radius 3 is 2.78 bits per heavy atom. The second kappa shape index (κ2) is 7.69. The highest BCUT2D eigenvalue weighted by atomic mass is 16.5. The zero-order valence-electron chi connectivity index (χ0n) is 15.4. The molecule has 0 spiro atoms. The molecule has 0 bridgehead atoms. The van der Waals surface area contributed by atoms with Gasteiger partial charge in [0.2, 0.25) is 0 Å². The number of hydrogen-bond donors (Lipinski definition) is 1. The first-order valence-electron chi connectivity index (χ1n) is 9.20. The van der Waals surface area contributed by atoms with Crippen LogP contribution in [0.1, 0.15) is 29.3 Å². The number of nitrogens with one attached hydrogen (secondary N) is 1. The topological polar surface area (TPSA) is 45.3 Å². The van der Waals surface area contributed by atoms with Gasteiger partial charge in [-0.1, -0.05) is 48.2 Å². The molecule has 1 aliphatic heterocycles. The van der Waals surface area contributed by atoms with E-state index in [-0.39, 0.29) is 12.0 Å². The van der Waals surface area contributed by atoms with Crippen LogP contribution in [0.2, 0.25) is 0 Å². The number of para-hydroxylation sites is 1. The SMILES string of the molecule is COC(=O)CC1c2[nH]c3ccccc3c2CCN1CC#Cc1ccccc1. The molecule has 0 saturated carbocycles. The van der Waals surface area contributed by atoms with Gasteiger partial charge in [0.1, 0.15) is 0 Å². The van der Waals surface area contributed by atoms with Crippen molar-refractivity contribution in [2.45, 2.75) is 18.9 Å². The lowest BCUT2D eigenvalue weighted by Gasteiger charge is -2.33. The fourth-order valence-electron chi connectivity index (χ4n) is 3.79. The van der Waals surface area contributed by atoms with Crippen molar-refractivity contribution in [3.63, 3.8) is 0 Å². The van der Waals surface area contributed by atoms with Crippen molar-refractivity contribution in [2.75, 3.05) is 20.2 Å². The zero-order chi connectivity index (χ0) is 18.6. The third-order valence-electron chi connectivity index (χ3n) is 5.15. The molecule has 0 amide bonds. The lowest BCUT2D eigenvalue weighted by molar-refractivity contribution is -0.142. The molecule has 1 unspecified atom stereocenters. The van der Waals surface area contributed by atoms with Crippen molar-refractivity contribution in [3.05, 3.63) is 71.4 Å². The van der Waals surface area contributed by atoms with Crippen molar-refractivity contribution >= 4 is 16.9 Å². The number of fused-ring (bicyclic) bond motifs is 3. The van der Waals surface area contributed by atoms with Gasteiger partial charge in [0.05, 0.1) is 26.1 Å². The molecule has 3 aromatic rings. The van der Waals surface area contributed by atoms with Crippen LogP contribution in [0, 0.1) is 11.8 Å². The molecule has 0 fully saturated rings. The van der Waals surface area contributed by atoms with E-state index in [9.17, 15) is 4.79 Å². The van der Waals surface area contributed by atoms with Crippen LogP contribution in [-0.4, -0.2) is 36.1 Å². The van der Waals surface area contributed by atoms with E-state index in [1.165, 1.54) is 18.1 Å². The number of esters is 1. The van der Waals surface area contributed by atoms with Crippen LogP contribution in [0.25, 0.3) is 10.9 Å². The van der Waals surface area contributed by atoms with Gasteiger partial charge >= 0.3 is 5.97 Å². The summed E-state index contributed by atoms with van der Waals surface area (Å²) in [6.45, 7) is 1.49. The predicted octanol–water partition coefficient (Wildman–Crippen LogP) is 3.68. The Morgan fingerprint density at radius 2 is 1.96 bits per heavy atom. The number of aromatic nitrogens is 1. The molecule has 1 atom stereocenters. The average Bonchev–Trinajstić information content (AvgIpc) is 3.09. The van der Waals surface area contributed by atoms with Gasteiger partial charge in [-0.25, -0.2) is 0 Å². The van der Waals surface area contributed by atoms with Crippen molar-refractivity contribution in [1.29, 1.82) is 0 Å². The van der Waals surface area contributed by atoms with Crippen molar-refractivity contribution in [3.8, 4) is 11.8 Å². The number of H-pyrrole nitrogens is 1. The molecule has 2 aromatic carbocycles. The van der Waals surface area contributed by atoms with E-state index in [1.54, 1.807) is 0 Å². The van der Waals surface area contributed by atoms with E-state index in [4.69, 9.17) is 4.74 Å². The van der Waals surface area contributed by atoms with Gasteiger partial charge in [-0.3, -0.25) is 9.69 Å². The Morgan fingerprint density at radius 1 is 1.19 bits per heavy atom. The minimum atomic E-state index is -0.201. The summed E-state index contributed by atoms with van der Waals surface area (Å²) >= 11 is 0. The van der Waals surface area contributed by atoms with Gasteiger partial charge in [-0.2, -0.15) is 0 Å². The summed E-state index contributed by atoms with van der Waals surface area (Å²) in [6.07, 6.45) is 1.27. The molecule has 1 N–H and O–H groups in total. The second-order valence-electron chi connectivity index (χ2n) is 6.75. The highest BCUT2D eigenvalue weighted by Gasteiger charge is 2.31. The molecule has 1 aliphatic rings. The number of nitrogens with zero attached hydrogens (tertiary/aromatic N) is 1. The summed E-state index contributed by atoms with van der Waals surface area (Å²) in [5.74, 6) is 6.28. The van der Waals surface area contributed by atoms with Gasteiger partial charge in [-0.15, -0.1) is 0 Å². The Balaban J connectivity index is 1.63. The lowest BCUT2D eigenvalue weighted by Crippen LogP contribution is -2.37. The summed E-state index contributed by atoms with van der Waals surface area (Å²) in [5, 5.41) is 1.25. The van der Waals surface area contributed by atoms with E-state index < -0.39 is 0 Å². The predicted molar refractivity (Wildman–Crippen MR) is 106 cm³/mol. The van der Waals surface area contributed by atoms with Crippen molar-refractivity contribution in [1.82, 2.24) is 9.88 Å². The number of carbonyl (C=O) groups excluding carboxylic acids is 1. The molecule has 0 radical (unpaired) electrons. The zero-order valence-corrected chi connectivity index (χ0v) is 15.4. The van der Waals surface area contributed by atoms with Crippen LogP contribution in [0.15, 0.2) is 54.6 Å². The number of hydrogen-bond acceptors (Lipinski definition) is 3. The first-order chi connectivity index (χ1) is 13.3. The first kappa shape index (κ1) is 17.4. The van der Waals surface area contributed by atoms with E-state index >= 15 is 0 Å². The minimum Gasteiger partial charge on any atom is -0.469 e. The van der Waals surface area contributed by atoms with Crippen LogP contribution in [0.4, 0.5) is 0 Å². The minimum absolute atomic E-state index is 0.0429.